The van der Waals surface area contributed by atoms with Gasteiger partial charge in [-0.2, -0.15) is 0 Å². The summed E-state index contributed by atoms with van der Waals surface area (Å²) in [6, 6.07) is 14.5. The third kappa shape index (κ3) is 7.88. The predicted octanol–water partition coefficient (Wildman–Crippen LogP) is 4.48. The third-order valence-corrected chi connectivity index (χ3v) is 3.50. The van der Waals surface area contributed by atoms with Crippen LogP contribution in [0.25, 0.3) is 0 Å². The van der Waals surface area contributed by atoms with Crippen LogP contribution in [0.4, 0.5) is 0 Å². The van der Waals surface area contributed by atoms with Gasteiger partial charge >= 0.3 is 0 Å². The molecular formula is C18H20Cl2O4. The molecule has 0 saturated carbocycles. The van der Waals surface area contributed by atoms with E-state index in [0.29, 0.717) is 49.7 Å². The Labute approximate surface area is 152 Å². The van der Waals surface area contributed by atoms with E-state index in [4.69, 9.17) is 42.1 Å². The Morgan fingerprint density at radius 2 is 0.833 bits per heavy atom. The van der Waals surface area contributed by atoms with Crippen LogP contribution < -0.4 is 9.47 Å². The first-order valence-electron chi connectivity index (χ1n) is 7.66. The summed E-state index contributed by atoms with van der Waals surface area (Å²) in [5, 5.41) is 1.38. The standard InChI is InChI=1S/C18H20Cl2O4/c19-15-1-5-17(6-2-15)23-13-11-21-9-10-22-12-14-24-18-7-3-16(20)4-8-18/h1-8H,9-14H2. The number of hydrogen-bond acceptors (Lipinski definition) is 4. The molecule has 4 nitrogen and oxygen atoms in total. The second-order valence-corrected chi connectivity index (χ2v) is 5.70. The van der Waals surface area contributed by atoms with Crippen molar-refractivity contribution in [3.05, 3.63) is 58.6 Å². The number of hydrogen-bond donors (Lipinski definition) is 0. The van der Waals surface area contributed by atoms with Gasteiger partial charge in [0.1, 0.15) is 24.7 Å². The van der Waals surface area contributed by atoms with Gasteiger partial charge in [-0.15, -0.1) is 0 Å². The summed E-state index contributed by atoms with van der Waals surface area (Å²) in [5.74, 6) is 1.55. The summed E-state index contributed by atoms with van der Waals surface area (Å²) in [5.41, 5.74) is 0. The minimum atomic E-state index is 0.487. The van der Waals surface area contributed by atoms with E-state index in [1.165, 1.54) is 0 Å². The highest BCUT2D eigenvalue weighted by molar-refractivity contribution is 6.30. The van der Waals surface area contributed by atoms with E-state index in [1.807, 2.05) is 24.3 Å². The van der Waals surface area contributed by atoms with E-state index in [1.54, 1.807) is 24.3 Å². The maximum absolute atomic E-state index is 5.80. The van der Waals surface area contributed by atoms with E-state index in [2.05, 4.69) is 0 Å². The monoisotopic (exact) mass is 370 g/mol. The van der Waals surface area contributed by atoms with E-state index >= 15 is 0 Å². The van der Waals surface area contributed by atoms with Gasteiger partial charge in [0.25, 0.3) is 0 Å². The lowest BCUT2D eigenvalue weighted by Gasteiger charge is -2.09. The maximum Gasteiger partial charge on any atom is 0.119 e. The van der Waals surface area contributed by atoms with Crippen molar-refractivity contribution in [2.24, 2.45) is 0 Å². The molecule has 0 unspecified atom stereocenters. The number of benzene rings is 2. The second kappa shape index (κ2) is 11.2. The minimum absolute atomic E-state index is 0.487. The molecular weight excluding hydrogens is 351 g/mol. The fourth-order valence-corrected chi connectivity index (χ4v) is 2.07. The van der Waals surface area contributed by atoms with Crippen LogP contribution in [0.3, 0.4) is 0 Å². The lowest BCUT2D eigenvalue weighted by Crippen LogP contribution is -2.13. The largest absolute Gasteiger partial charge is 0.491 e. The first-order chi connectivity index (χ1) is 11.7. The molecule has 0 amide bonds. The highest BCUT2D eigenvalue weighted by Gasteiger charge is 1.96. The van der Waals surface area contributed by atoms with Crippen LogP contribution in [-0.4, -0.2) is 39.6 Å². The van der Waals surface area contributed by atoms with Crippen molar-refractivity contribution in [2.45, 2.75) is 0 Å². The fourth-order valence-electron chi connectivity index (χ4n) is 1.82. The van der Waals surface area contributed by atoms with Gasteiger partial charge in [0, 0.05) is 10.0 Å². The molecule has 0 fully saturated rings. The quantitative estimate of drug-likeness (QED) is 0.546. The number of ether oxygens (including phenoxy) is 4. The Balaban J connectivity index is 1.40. The Morgan fingerprint density at radius 1 is 0.500 bits per heavy atom. The van der Waals surface area contributed by atoms with Gasteiger partial charge < -0.3 is 18.9 Å². The van der Waals surface area contributed by atoms with Crippen LogP contribution in [0.5, 0.6) is 11.5 Å². The van der Waals surface area contributed by atoms with Crippen molar-refractivity contribution in [2.75, 3.05) is 39.6 Å². The molecule has 0 radical (unpaired) electrons. The molecule has 0 heterocycles. The molecule has 0 aliphatic rings. The molecule has 0 aliphatic heterocycles. The number of rotatable bonds is 11. The van der Waals surface area contributed by atoms with Gasteiger partial charge in [-0.3, -0.25) is 0 Å². The molecule has 130 valence electrons. The Morgan fingerprint density at radius 3 is 1.21 bits per heavy atom. The van der Waals surface area contributed by atoms with Gasteiger partial charge in [0.15, 0.2) is 0 Å². The minimum Gasteiger partial charge on any atom is -0.491 e. The molecule has 0 N–H and O–H groups in total. The van der Waals surface area contributed by atoms with Gasteiger partial charge in [-0.05, 0) is 48.5 Å². The summed E-state index contributed by atoms with van der Waals surface area (Å²) >= 11 is 11.6. The van der Waals surface area contributed by atoms with Gasteiger partial charge in [-0.25, -0.2) is 0 Å². The van der Waals surface area contributed by atoms with Crippen LogP contribution in [0.15, 0.2) is 48.5 Å². The molecule has 0 atom stereocenters. The smallest absolute Gasteiger partial charge is 0.119 e. The fraction of sp³-hybridized carbons (Fsp3) is 0.333. The topological polar surface area (TPSA) is 36.9 Å². The van der Waals surface area contributed by atoms with Gasteiger partial charge in [-0.1, -0.05) is 23.2 Å². The zero-order chi connectivity index (χ0) is 17.0. The second-order valence-electron chi connectivity index (χ2n) is 4.83. The molecule has 2 aromatic rings. The first-order valence-corrected chi connectivity index (χ1v) is 8.42. The van der Waals surface area contributed by atoms with Crippen molar-refractivity contribution in [3.63, 3.8) is 0 Å². The predicted molar refractivity (Wildman–Crippen MR) is 95.5 cm³/mol. The Bertz CT molecular complexity index is 519. The molecule has 24 heavy (non-hydrogen) atoms. The van der Waals surface area contributed by atoms with Crippen LogP contribution >= 0.6 is 23.2 Å². The average Bonchev–Trinajstić information content (AvgIpc) is 2.60. The summed E-state index contributed by atoms with van der Waals surface area (Å²) in [6.45, 7) is 3.03. The molecule has 2 aromatic carbocycles. The van der Waals surface area contributed by atoms with E-state index < -0.39 is 0 Å². The summed E-state index contributed by atoms with van der Waals surface area (Å²) < 4.78 is 21.9. The van der Waals surface area contributed by atoms with Crippen molar-refractivity contribution in [3.8, 4) is 11.5 Å². The first kappa shape index (κ1) is 18.9. The van der Waals surface area contributed by atoms with E-state index in [0.717, 1.165) is 11.5 Å². The lowest BCUT2D eigenvalue weighted by molar-refractivity contribution is 0.0273. The third-order valence-electron chi connectivity index (χ3n) is 2.99. The zero-order valence-corrected chi connectivity index (χ0v) is 14.8. The highest BCUT2D eigenvalue weighted by Crippen LogP contribution is 2.16. The van der Waals surface area contributed by atoms with Crippen LogP contribution in [-0.2, 0) is 9.47 Å². The van der Waals surface area contributed by atoms with Crippen molar-refractivity contribution in [1.29, 1.82) is 0 Å². The van der Waals surface area contributed by atoms with E-state index in [9.17, 15) is 0 Å². The maximum atomic E-state index is 5.80. The highest BCUT2D eigenvalue weighted by atomic mass is 35.5. The van der Waals surface area contributed by atoms with Crippen LogP contribution in [0, 0.1) is 0 Å². The zero-order valence-electron chi connectivity index (χ0n) is 13.3. The molecule has 2 rings (SSSR count). The van der Waals surface area contributed by atoms with Crippen molar-refractivity contribution in [1.82, 2.24) is 0 Å². The SMILES string of the molecule is Clc1ccc(OCCOCCOCCOc2ccc(Cl)cc2)cc1. The lowest BCUT2D eigenvalue weighted by atomic mass is 10.3. The molecule has 6 heteroatoms. The number of halogens is 2. The molecule has 0 spiro atoms. The molecule has 0 aromatic heterocycles. The van der Waals surface area contributed by atoms with Crippen LogP contribution in [0.2, 0.25) is 10.0 Å². The molecule has 0 bridgehead atoms. The van der Waals surface area contributed by atoms with E-state index in [-0.39, 0.29) is 0 Å². The summed E-state index contributed by atoms with van der Waals surface area (Å²) in [4.78, 5) is 0. The molecule has 0 aliphatic carbocycles. The summed E-state index contributed by atoms with van der Waals surface area (Å²) in [7, 11) is 0. The van der Waals surface area contributed by atoms with Crippen LogP contribution in [0.1, 0.15) is 0 Å². The van der Waals surface area contributed by atoms with Crippen molar-refractivity contribution >= 4 is 23.2 Å². The van der Waals surface area contributed by atoms with Gasteiger partial charge in [0.05, 0.1) is 26.4 Å². The Hall–Kier alpha value is -1.46. The van der Waals surface area contributed by atoms with Crippen molar-refractivity contribution < 1.29 is 18.9 Å². The Kier molecular flexibility index (Phi) is 8.77. The summed E-state index contributed by atoms with van der Waals surface area (Å²) in [6.07, 6.45) is 0. The molecule has 0 saturated heterocycles. The van der Waals surface area contributed by atoms with Gasteiger partial charge in [0.2, 0.25) is 0 Å². The average molecular weight is 371 g/mol. The normalized spacial score (nSPS) is 10.6.